The van der Waals surface area contributed by atoms with Crippen LogP contribution in [0.1, 0.15) is 30.9 Å². The molecule has 26 heavy (non-hydrogen) atoms. The number of hydrazine groups is 1. The maximum Gasteiger partial charge on any atom is 0.321 e. The second-order valence-corrected chi connectivity index (χ2v) is 6.31. The fraction of sp³-hybridized carbons (Fsp3) is 0.381. The number of benzene rings is 2. The molecule has 0 aliphatic rings. The molecule has 0 radical (unpaired) electrons. The Morgan fingerprint density at radius 3 is 2.42 bits per heavy atom. The number of nitrogens with two attached hydrogens (primary N) is 1. The average Bonchev–Trinajstić information content (AvgIpc) is 2.66. The van der Waals surface area contributed by atoms with Crippen LogP contribution in [0, 0.1) is 0 Å². The summed E-state index contributed by atoms with van der Waals surface area (Å²) < 4.78 is 10.9. The molecule has 0 aliphatic heterocycles. The summed E-state index contributed by atoms with van der Waals surface area (Å²) in [6.45, 7) is 2.83. The van der Waals surface area contributed by atoms with Crippen molar-refractivity contribution in [3.8, 4) is 5.75 Å². The molecule has 0 aromatic heterocycles. The maximum absolute atomic E-state index is 13.2. The van der Waals surface area contributed by atoms with Gasteiger partial charge in [-0.2, -0.15) is 0 Å². The van der Waals surface area contributed by atoms with Crippen molar-refractivity contribution >= 4 is 5.97 Å². The van der Waals surface area contributed by atoms with Gasteiger partial charge in [-0.25, -0.2) is 0 Å². The van der Waals surface area contributed by atoms with E-state index in [1.807, 2.05) is 68.6 Å². The fourth-order valence-electron chi connectivity index (χ4n) is 3.25. The highest BCUT2D eigenvalue weighted by molar-refractivity contribution is 5.88. The standard InChI is InChI=1S/C21H28N2O3/c1-4-26-20(24)21(14-9-15-23(2)22,17-10-6-5-7-11-17)18-12-8-13-19(16-18)25-3/h5-8,10-13,16H,4,9,14-15,22H2,1-3H3. The molecule has 1 unspecified atom stereocenters. The molecule has 0 heterocycles. The Morgan fingerprint density at radius 2 is 1.81 bits per heavy atom. The van der Waals surface area contributed by atoms with E-state index in [0.29, 0.717) is 25.3 Å². The summed E-state index contributed by atoms with van der Waals surface area (Å²) in [5.74, 6) is 6.24. The summed E-state index contributed by atoms with van der Waals surface area (Å²) in [5, 5.41) is 1.63. The van der Waals surface area contributed by atoms with Crippen molar-refractivity contribution in [1.82, 2.24) is 5.01 Å². The van der Waals surface area contributed by atoms with Gasteiger partial charge in [0.25, 0.3) is 0 Å². The first-order valence-electron chi connectivity index (χ1n) is 8.87. The monoisotopic (exact) mass is 356 g/mol. The topological polar surface area (TPSA) is 64.8 Å². The van der Waals surface area contributed by atoms with E-state index in [2.05, 4.69) is 0 Å². The van der Waals surface area contributed by atoms with Crippen LogP contribution in [0.2, 0.25) is 0 Å². The number of hydrogen-bond acceptors (Lipinski definition) is 5. The van der Waals surface area contributed by atoms with Crippen LogP contribution in [0.5, 0.6) is 5.75 Å². The van der Waals surface area contributed by atoms with Gasteiger partial charge in [0.15, 0.2) is 0 Å². The van der Waals surface area contributed by atoms with Gasteiger partial charge in [-0.05, 0) is 43.0 Å². The minimum absolute atomic E-state index is 0.251. The minimum Gasteiger partial charge on any atom is -0.497 e. The number of ether oxygens (including phenoxy) is 2. The van der Waals surface area contributed by atoms with Gasteiger partial charge in [0, 0.05) is 13.6 Å². The Kier molecular flexibility index (Phi) is 7.18. The molecule has 0 aliphatic carbocycles. The number of carbonyl (C=O) groups is 1. The average molecular weight is 356 g/mol. The lowest BCUT2D eigenvalue weighted by Crippen LogP contribution is -2.40. The molecule has 0 saturated carbocycles. The molecule has 0 bridgehead atoms. The number of hydrogen-bond donors (Lipinski definition) is 1. The summed E-state index contributed by atoms with van der Waals surface area (Å²) in [5.41, 5.74) is 0.870. The molecule has 5 nitrogen and oxygen atoms in total. The van der Waals surface area contributed by atoms with Gasteiger partial charge in [-0.1, -0.05) is 42.5 Å². The molecule has 2 aromatic carbocycles. The van der Waals surface area contributed by atoms with Crippen LogP contribution in [0.25, 0.3) is 0 Å². The van der Waals surface area contributed by atoms with Crippen molar-refractivity contribution in [2.45, 2.75) is 25.2 Å². The zero-order valence-corrected chi connectivity index (χ0v) is 15.8. The first-order valence-corrected chi connectivity index (χ1v) is 8.87. The highest BCUT2D eigenvalue weighted by atomic mass is 16.5. The van der Waals surface area contributed by atoms with Crippen molar-refractivity contribution in [3.05, 3.63) is 65.7 Å². The molecule has 0 amide bonds. The largest absolute Gasteiger partial charge is 0.497 e. The highest BCUT2D eigenvalue weighted by Crippen LogP contribution is 2.39. The predicted octanol–water partition coefficient (Wildman–Crippen LogP) is 3.13. The van der Waals surface area contributed by atoms with Crippen LogP contribution in [0.15, 0.2) is 54.6 Å². The molecule has 0 saturated heterocycles. The lowest BCUT2D eigenvalue weighted by Gasteiger charge is -2.33. The van der Waals surface area contributed by atoms with E-state index in [9.17, 15) is 4.79 Å². The molecule has 140 valence electrons. The second-order valence-electron chi connectivity index (χ2n) is 6.31. The smallest absolute Gasteiger partial charge is 0.321 e. The van der Waals surface area contributed by atoms with Crippen LogP contribution < -0.4 is 10.6 Å². The van der Waals surface area contributed by atoms with E-state index in [0.717, 1.165) is 17.5 Å². The van der Waals surface area contributed by atoms with E-state index in [4.69, 9.17) is 15.3 Å². The van der Waals surface area contributed by atoms with Crippen LogP contribution in [0.3, 0.4) is 0 Å². The molecule has 5 heteroatoms. The highest BCUT2D eigenvalue weighted by Gasteiger charge is 2.43. The van der Waals surface area contributed by atoms with Crippen LogP contribution in [0.4, 0.5) is 0 Å². The fourth-order valence-corrected chi connectivity index (χ4v) is 3.25. The summed E-state index contributed by atoms with van der Waals surface area (Å²) >= 11 is 0. The minimum atomic E-state index is -0.901. The van der Waals surface area contributed by atoms with Crippen LogP contribution in [-0.4, -0.2) is 38.3 Å². The van der Waals surface area contributed by atoms with Gasteiger partial charge >= 0.3 is 5.97 Å². The predicted molar refractivity (Wildman–Crippen MR) is 103 cm³/mol. The summed E-state index contributed by atoms with van der Waals surface area (Å²) in [4.78, 5) is 13.2. The van der Waals surface area contributed by atoms with Crippen molar-refractivity contribution in [3.63, 3.8) is 0 Å². The quantitative estimate of drug-likeness (QED) is 0.425. The lowest BCUT2D eigenvalue weighted by molar-refractivity contribution is -0.148. The SMILES string of the molecule is CCOC(=O)C(CCCN(C)N)(c1ccccc1)c1cccc(OC)c1. The third-order valence-electron chi connectivity index (χ3n) is 4.52. The lowest BCUT2D eigenvalue weighted by atomic mass is 9.71. The molecule has 2 rings (SSSR count). The molecule has 2 aromatic rings. The van der Waals surface area contributed by atoms with E-state index < -0.39 is 5.41 Å². The first-order chi connectivity index (χ1) is 12.5. The van der Waals surface area contributed by atoms with E-state index in [-0.39, 0.29) is 5.97 Å². The van der Waals surface area contributed by atoms with Crippen molar-refractivity contribution in [1.29, 1.82) is 0 Å². The third kappa shape index (κ3) is 4.42. The summed E-state index contributed by atoms with van der Waals surface area (Å²) in [6, 6.07) is 17.4. The first kappa shape index (κ1) is 19.9. The Hall–Kier alpha value is -2.37. The number of nitrogens with zero attached hydrogens (tertiary/aromatic N) is 1. The molecular weight excluding hydrogens is 328 g/mol. The van der Waals surface area contributed by atoms with Crippen LogP contribution >= 0.6 is 0 Å². The molecule has 1 atom stereocenters. The third-order valence-corrected chi connectivity index (χ3v) is 4.52. The van der Waals surface area contributed by atoms with E-state index >= 15 is 0 Å². The van der Waals surface area contributed by atoms with E-state index in [1.165, 1.54) is 0 Å². The molecule has 2 N–H and O–H groups in total. The molecule has 0 fully saturated rings. The maximum atomic E-state index is 13.2. The van der Waals surface area contributed by atoms with Gasteiger partial charge in [0.2, 0.25) is 0 Å². The van der Waals surface area contributed by atoms with Gasteiger partial charge in [-0.3, -0.25) is 15.6 Å². The second kappa shape index (κ2) is 9.36. The number of carbonyl (C=O) groups excluding carboxylic acids is 1. The van der Waals surface area contributed by atoms with Gasteiger partial charge < -0.3 is 9.47 Å². The molecular formula is C21H28N2O3. The van der Waals surface area contributed by atoms with E-state index in [1.54, 1.807) is 12.1 Å². The summed E-state index contributed by atoms with van der Waals surface area (Å²) in [7, 11) is 3.44. The normalized spacial score (nSPS) is 13.3. The zero-order valence-electron chi connectivity index (χ0n) is 15.8. The van der Waals surface area contributed by atoms with Gasteiger partial charge in [0.1, 0.15) is 11.2 Å². The van der Waals surface area contributed by atoms with Crippen molar-refractivity contribution < 1.29 is 14.3 Å². The number of esters is 1. The summed E-state index contributed by atoms with van der Waals surface area (Å²) in [6.07, 6.45) is 1.34. The van der Waals surface area contributed by atoms with Crippen molar-refractivity contribution in [2.75, 3.05) is 27.3 Å². The van der Waals surface area contributed by atoms with Gasteiger partial charge in [-0.15, -0.1) is 0 Å². The Labute approximate surface area is 155 Å². The van der Waals surface area contributed by atoms with Crippen molar-refractivity contribution in [2.24, 2.45) is 5.84 Å². The molecule has 0 spiro atoms. The van der Waals surface area contributed by atoms with Gasteiger partial charge in [0.05, 0.1) is 13.7 Å². The Bertz CT molecular complexity index is 703. The number of methoxy groups -OCH3 is 1. The zero-order chi connectivity index (χ0) is 19.0. The number of rotatable bonds is 9. The Balaban J connectivity index is 2.60. The van der Waals surface area contributed by atoms with Crippen LogP contribution in [-0.2, 0) is 14.9 Å². The Morgan fingerprint density at radius 1 is 1.12 bits per heavy atom.